The van der Waals surface area contributed by atoms with Crippen molar-refractivity contribution in [1.82, 2.24) is 5.48 Å². The molecule has 0 aliphatic heterocycles. The van der Waals surface area contributed by atoms with Crippen LogP contribution in [0.2, 0.25) is 23.2 Å². The summed E-state index contributed by atoms with van der Waals surface area (Å²) >= 11 is 7.91. The van der Waals surface area contributed by atoms with Gasteiger partial charge in [0.2, 0.25) is 14.1 Å². The molecular weight excluding hydrogens is 531 g/mol. The lowest BCUT2D eigenvalue weighted by molar-refractivity contribution is -0.384. The molecule has 0 atom stereocenters. The SMILES string of the molecule is CCOC(=O)C(=CNO[Si](C)(C)C(C)(C)C)C(=O)c1cc(I)cc([N+](=O)[O-])c1Cl. The van der Waals surface area contributed by atoms with Gasteiger partial charge >= 0.3 is 5.97 Å². The van der Waals surface area contributed by atoms with Gasteiger partial charge in [-0.05, 0) is 53.7 Å². The Labute approximate surface area is 189 Å². The fourth-order valence-corrected chi connectivity index (χ4v) is 3.36. The summed E-state index contributed by atoms with van der Waals surface area (Å²) in [6.45, 7) is 11.7. The first-order valence-corrected chi connectivity index (χ1v) is 13.1. The van der Waals surface area contributed by atoms with Gasteiger partial charge in [-0.2, -0.15) is 0 Å². The monoisotopic (exact) mass is 554 g/mol. The Balaban J connectivity index is 3.34. The Bertz CT molecular complexity index is 851. The number of carbonyl (C=O) groups is 2. The van der Waals surface area contributed by atoms with Gasteiger partial charge in [0.25, 0.3) is 5.69 Å². The first-order valence-electron chi connectivity index (χ1n) is 8.72. The summed E-state index contributed by atoms with van der Waals surface area (Å²) in [6.07, 6.45) is 1.11. The number of carbonyl (C=O) groups excluding carboxylic acids is 2. The highest BCUT2D eigenvalue weighted by Gasteiger charge is 2.38. The second-order valence-corrected chi connectivity index (χ2v) is 14.0. The highest BCUT2D eigenvalue weighted by atomic mass is 127. The fraction of sp³-hybridized carbons (Fsp3) is 0.444. The molecule has 0 amide bonds. The number of esters is 1. The molecule has 0 saturated carbocycles. The predicted octanol–water partition coefficient (Wildman–Crippen LogP) is 5.01. The topological polar surface area (TPSA) is 108 Å². The fourth-order valence-electron chi connectivity index (χ4n) is 1.83. The van der Waals surface area contributed by atoms with E-state index in [9.17, 15) is 19.7 Å². The lowest BCUT2D eigenvalue weighted by Crippen LogP contribution is -2.44. The van der Waals surface area contributed by atoms with Crippen molar-refractivity contribution in [3.8, 4) is 0 Å². The van der Waals surface area contributed by atoms with E-state index in [1.807, 2.05) is 56.5 Å². The van der Waals surface area contributed by atoms with E-state index in [0.29, 0.717) is 3.57 Å². The molecule has 0 heterocycles. The van der Waals surface area contributed by atoms with Gasteiger partial charge in [-0.3, -0.25) is 20.4 Å². The van der Waals surface area contributed by atoms with E-state index in [1.165, 1.54) is 12.1 Å². The van der Waals surface area contributed by atoms with Crippen molar-refractivity contribution in [2.75, 3.05) is 6.61 Å². The smallest absolute Gasteiger partial charge is 0.343 e. The van der Waals surface area contributed by atoms with E-state index in [0.717, 1.165) is 6.20 Å². The Morgan fingerprint density at radius 3 is 2.41 bits per heavy atom. The molecule has 160 valence electrons. The number of ether oxygens (including phenoxy) is 1. The summed E-state index contributed by atoms with van der Waals surface area (Å²) in [7, 11) is -2.22. The van der Waals surface area contributed by atoms with Crippen molar-refractivity contribution < 1.29 is 23.8 Å². The largest absolute Gasteiger partial charge is 0.462 e. The van der Waals surface area contributed by atoms with E-state index >= 15 is 0 Å². The van der Waals surface area contributed by atoms with E-state index < -0.39 is 30.7 Å². The number of ketones is 1. The van der Waals surface area contributed by atoms with E-state index in [2.05, 4.69) is 5.48 Å². The van der Waals surface area contributed by atoms with Crippen molar-refractivity contribution in [1.29, 1.82) is 0 Å². The summed E-state index contributed by atoms with van der Waals surface area (Å²) in [5, 5.41) is 10.7. The van der Waals surface area contributed by atoms with Gasteiger partial charge in [-0.1, -0.05) is 32.4 Å². The molecule has 0 radical (unpaired) electrons. The maximum Gasteiger partial charge on any atom is 0.343 e. The summed E-state index contributed by atoms with van der Waals surface area (Å²) in [4.78, 5) is 35.9. The third kappa shape index (κ3) is 6.49. The molecule has 1 rings (SSSR count). The molecule has 0 aliphatic carbocycles. The lowest BCUT2D eigenvalue weighted by Gasteiger charge is -2.34. The zero-order valence-corrected chi connectivity index (χ0v) is 21.0. The maximum absolute atomic E-state index is 13.0. The number of nitro benzene ring substituents is 1. The summed E-state index contributed by atoms with van der Waals surface area (Å²) in [6, 6.07) is 2.62. The van der Waals surface area contributed by atoms with Crippen molar-refractivity contribution in [2.45, 2.75) is 45.8 Å². The first kappa shape index (κ1) is 25.5. The van der Waals surface area contributed by atoms with E-state index in [-0.39, 0.29) is 27.8 Å². The molecule has 29 heavy (non-hydrogen) atoms. The van der Waals surface area contributed by atoms with Gasteiger partial charge in [-0.25, -0.2) is 4.79 Å². The summed E-state index contributed by atoms with van der Waals surface area (Å²) < 4.78 is 11.1. The molecule has 0 aromatic heterocycles. The highest BCUT2D eigenvalue weighted by molar-refractivity contribution is 14.1. The van der Waals surface area contributed by atoms with Gasteiger partial charge in [-0.15, -0.1) is 0 Å². The number of benzene rings is 1. The normalized spacial score (nSPS) is 12.5. The number of rotatable bonds is 8. The van der Waals surface area contributed by atoms with Crippen molar-refractivity contribution in [2.24, 2.45) is 0 Å². The average Bonchev–Trinajstić information content (AvgIpc) is 2.58. The van der Waals surface area contributed by atoms with Crippen LogP contribution in [0.15, 0.2) is 23.9 Å². The number of hydrogen-bond donors (Lipinski definition) is 1. The van der Waals surface area contributed by atoms with Gasteiger partial charge < -0.3 is 9.26 Å². The maximum atomic E-state index is 13.0. The summed E-state index contributed by atoms with van der Waals surface area (Å²) in [5.74, 6) is -1.69. The Kier molecular flexibility index (Phi) is 8.81. The van der Waals surface area contributed by atoms with Crippen molar-refractivity contribution in [3.63, 3.8) is 0 Å². The van der Waals surface area contributed by atoms with Gasteiger partial charge in [0, 0.05) is 21.4 Å². The van der Waals surface area contributed by atoms with Crippen LogP contribution in [0, 0.1) is 13.7 Å². The van der Waals surface area contributed by atoms with Crippen LogP contribution in [0.1, 0.15) is 38.1 Å². The third-order valence-electron chi connectivity index (χ3n) is 4.52. The molecule has 8 nitrogen and oxygen atoms in total. The van der Waals surface area contributed by atoms with Crippen LogP contribution < -0.4 is 5.48 Å². The number of halogens is 2. The quantitative estimate of drug-likeness (QED) is 0.0554. The number of hydrogen-bond acceptors (Lipinski definition) is 7. The van der Waals surface area contributed by atoms with Crippen LogP contribution in [0.5, 0.6) is 0 Å². The number of nitrogens with one attached hydrogen (secondary N) is 1. The van der Waals surface area contributed by atoms with Crippen molar-refractivity contribution >= 4 is 59.9 Å². The molecule has 0 spiro atoms. The first-order chi connectivity index (χ1) is 13.2. The molecule has 0 fully saturated rings. The minimum absolute atomic E-state index is 0.0484. The summed E-state index contributed by atoms with van der Waals surface area (Å²) in [5.41, 5.74) is 1.63. The predicted molar refractivity (Wildman–Crippen MR) is 121 cm³/mol. The number of Topliss-reactive ketones (excluding diaryl/α,β-unsaturated/α-hetero) is 1. The van der Waals surface area contributed by atoms with E-state index in [4.69, 9.17) is 20.9 Å². The van der Waals surface area contributed by atoms with Gasteiger partial charge in [0.15, 0.2) is 0 Å². The van der Waals surface area contributed by atoms with Gasteiger partial charge in [0.05, 0.1) is 11.5 Å². The molecule has 0 bridgehead atoms. The van der Waals surface area contributed by atoms with Crippen LogP contribution >= 0.6 is 34.2 Å². The zero-order chi connectivity index (χ0) is 22.6. The highest BCUT2D eigenvalue weighted by Crippen LogP contribution is 2.36. The van der Waals surface area contributed by atoms with Crippen molar-refractivity contribution in [3.05, 3.63) is 48.2 Å². The van der Waals surface area contributed by atoms with Crippen LogP contribution in [-0.4, -0.2) is 31.6 Å². The Morgan fingerprint density at radius 2 is 1.93 bits per heavy atom. The molecule has 1 aromatic carbocycles. The number of nitrogens with zero attached hydrogens (tertiary/aromatic N) is 1. The minimum atomic E-state index is -2.22. The van der Waals surface area contributed by atoms with E-state index in [1.54, 1.807) is 6.92 Å². The Morgan fingerprint density at radius 1 is 1.34 bits per heavy atom. The second kappa shape index (κ2) is 10.0. The van der Waals surface area contributed by atoms with Crippen LogP contribution in [0.25, 0.3) is 0 Å². The van der Waals surface area contributed by atoms with Crippen LogP contribution in [-0.2, 0) is 14.1 Å². The molecular formula is C18H24ClIN2O6Si. The molecule has 0 unspecified atom stereocenters. The van der Waals surface area contributed by atoms with Crippen LogP contribution in [0.4, 0.5) is 5.69 Å². The molecule has 1 aromatic rings. The Hall–Kier alpha value is -1.50. The van der Waals surface area contributed by atoms with Crippen LogP contribution in [0.3, 0.4) is 0 Å². The molecule has 0 aliphatic rings. The second-order valence-electron chi connectivity index (χ2n) is 7.63. The molecule has 1 N–H and O–H groups in total. The number of nitro groups is 1. The number of hydroxylamine groups is 1. The minimum Gasteiger partial charge on any atom is -0.462 e. The molecule has 11 heteroatoms. The molecule has 0 saturated heterocycles. The van der Waals surface area contributed by atoms with Gasteiger partial charge in [0.1, 0.15) is 10.6 Å². The zero-order valence-electron chi connectivity index (χ0n) is 17.1. The standard InChI is InChI=1S/C18H24ClIN2O6Si/c1-7-27-17(24)13(10-21-28-29(5,6)18(2,3)4)16(23)12-8-11(20)9-14(15(12)19)22(25)26/h8-10,21H,7H2,1-6H3. The average molecular weight is 555 g/mol. The third-order valence-corrected chi connectivity index (χ3v) is 9.78. The lowest BCUT2D eigenvalue weighted by atomic mass is 10.0.